The van der Waals surface area contributed by atoms with Gasteiger partial charge in [0.2, 0.25) is 0 Å². The molecule has 104 valence electrons. The fourth-order valence-corrected chi connectivity index (χ4v) is 1.31. The van der Waals surface area contributed by atoms with Crippen LogP contribution in [0.4, 0.5) is 0 Å². The van der Waals surface area contributed by atoms with Gasteiger partial charge in [-0.25, -0.2) is 0 Å². The molecule has 0 heterocycles. The van der Waals surface area contributed by atoms with Crippen LogP contribution in [0.15, 0.2) is 4.99 Å². The van der Waals surface area contributed by atoms with E-state index in [1.807, 2.05) is 38.0 Å². The molecule has 0 fully saturated rings. The molecule has 0 aliphatic heterocycles. The summed E-state index contributed by atoms with van der Waals surface area (Å²) in [5.41, 5.74) is 0. The van der Waals surface area contributed by atoms with E-state index in [4.69, 9.17) is 4.74 Å². The van der Waals surface area contributed by atoms with E-state index < -0.39 is 0 Å². The smallest absolute Gasteiger partial charge is 0.195 e. The summed E-state index contributed by atoms with van der Waals surface area (Å²) in [5, 5.41) is 0. The first kappa shape index (κ1) is 19.3. The highest BCUT2D eigenvalue weighted by Crippen LogP contribution is 1.98. The second kappa shape index (κ2) is 11.1. The first-order chi connectivity index (χ1) is 7.45. The van der Waals surface area contributed by atoms with Crippen molar-refractivity contribution in [3.63, 3.8) is 0 Å². The van der Waals surface area contributed by atoms with Crippen LogP contribution in [-0.2, 0) is 4.74 Å². The second-order valence-corrected chi connectivity index (χ2v) is 4.77. The number of ether oxygens (including phenoxy) is 1. The van der Waals surface area contributed by atoms with Crippen molar-refractivity contribution in [1.82, 2.24) is 9.80 Å². The summed E-state index contributed by atoms with van der Waals surface area (Å²) in [6, 6.07) is 0. The van der Waals surface area contributed by atoms with Gasteiger partial charge in [0.1, 0.15) is 0 Å². The number of nitrogens with zero attached hydrogens (tertiary/aromatic N) is 3. The average Bonchev–Trinajstić information content (AvgIpc) is 2.14. The Morgan fingerprint density at radius 3 is 2.00 bits per heavy atom. The molecule has 4 nitrogen and oxygen atoms in total. The van der Waals surface area contributed by atoms with E-state index in [9.17, 15) is 0 Å². The molecule has 17 heavy (non-hydrogen) atoms. The van der Waals surface area contributed by atoms with Crippen LogP contribution in [0.1, 0.15) is 20.3 Å². The van der Waals surface area contributed by atoms with Gasteiger partial charge in [-0.15, -0.1) is 24.0 Å². The fourth-order valence-electron chi connectivity index (χ4n) is 1.31. The lowest BCUT2D eigenvalue weighted by Crippen LogP contribution is -2.35. The minimum Gasteiger partial charge on any atom is -0.380 e. The van der Waals surface area contributed by atoms with Crippen molar-refractivity contribution in [2.24, 2.45) is 10.9 Å². The molecule has 0 aliphatic rings. The summed E-state index contributed by atoms with van der Waals surface area (Å²) in [7, 11) is 7.99. The summed E-state index contributed by atoms with van der Waals surface area (Å²) in [6.07, 6.45) is 1.12. The number of hydrogen-bond acceptors (Lipinski definition) is 2. The van der Waals surface area contributed by atoms with Gasteiger partial charge in [-0.2, -0.15) is 0 Å². The SMILES string of the molecule is CC(C)CCOCCN=C(N(C)C)N(C)C.I. The van der Waals surface area contributed by atoms with E-state index in [0.717, 1.165) is 25.5 Å². The zero-order valence-corrected chi connectivity index (χ0v) is 14.4. The number of rotatable bonds is 6. The van der Waals surface area contributed by atoms with Crippen molar-refractivity contribution in [3.8, 4) is 0 Å². The van der Waals surface area contributed by atoms with Crippen molar-refractivity contribution in [3.05, 3.63) is 0 Å². The van der Waals surface area contributed by atoms with E-state index in [-0.39, 0.29) is 24.0 Å². The average molecular weight is 357 g/mol. The molecule has 0 spiro atoms. The minimum absolute atomic E-state index is 0. The van der Waals surface area contributed by atoms with Gasteiger partial charge in [0, 0.05) is 34.8 Å². The topological polar surface area (TPSA) is 28.1 Å². The van der Waals surface area contributed by atoms with Crippen LogP contribution in [0.5, 0.6) is 0 Å². The summed E-state index contributed by atoms with van der Waals surface area (Å²) in [5.74, 6) is 1.69. The first-order valence-electron chi connectivity index (χ1n) is 5.92. The molecule has 0 aromatic rings. The lowest BCUT2D eigenvalue weighted by molar-refractivity contribution is 0.130. The normalized spacial score (nSPS) is 9.82. The Labute approximate surface area is 123 Å². The zero-order valence-electron chi connectivity index (χ0n) is 12.1. The fraction of sp³-hybridized carbons (Fsp3) is 0.917. The van der Waals surface area contributed by atoms with Crippen LogP contribution in [0.2, 0.25) is 0 Å². The molecule has 0 radical (unpaired) electrons. The maximum Gasteiger partial charge on any atom is 0.195 e. The Hall–Kier alpha value is -0.0400. The predicted octanol–water partition coefficient (Wildman–Crippen LogP) is 2.15. The van der Waals surface area contributed by atoms with Gasteiger partial charge in [-0.05, 0) is 12.3 Å². The van der Waals surface area contributed by atoms with Crippen molar-refractivity contribution in [1.29, 1.82) is 0 Å². The van der Waals surface area contributed by atoms with Crippen molar-refractivity contribution < 1.29 is 4.74 Å². The molecular formula is C12H28IN3O. The van der Waals surface area contributed by atoms with Crippen LogP contribution >= 0.6 is 24.0 Å². The van der Waals surface area contributed by atoms with Crippen LogP contribution in [0.25, 0.3) is 0 Å². The number of hydrogen-bond donors (Lipinski definition) is 0. The van der Waals surface area contributed by atoms with Gasteiger partial charge in [-0.1, -0.05) is 13.8 Å². The van der Waals surface area contributed by atoms with E-state index in [1.54, 1.807) is 0 Å². The van der Waals surface area contributed by atoms with Gasteiger partial charge < -0.3 is 14.5 Å². The second-order valence-electron chi connectivity index (χ2n) is 4.77. The monoisotopic (exact) mass is 357 g/mol. The molecule has 0 aliphatic carbocycles. The zero-order chi connectivity index (χ0) is 12.6. The number of guanidine groups is 1. The minimum atomic E-state index is 0. The quantitative estimate of drug-likeness (QED) is 0.316. The Morgan fingerprint density at radius 2 is 1.59 bits per heavy atom. The van der Waals surface area contributed by atoms with Crippen molar-refractivity contribution in [2.75, 3.05) is 47.9 Å². The maximum atomic E-state index is 5.51. The van der Waals surface area contributed by atoms with Gasteiger partial charge in [0.25, 0.3) is 0 Å². The molecule has 5 heteroatoms. The molecule has 0 rings (SSSR count). The van der Waals surface area contributed by atoms with Crippen LogP contribution in [-0.4, -0.2) is 63.7 Å². The van der Waals surface area contributed by atoms with E-state index in [2.05, 4.69) is 18.8 Å². The van der Waals surface area contributed by atoms with Gasteiger partial charge in [0.05, 0.1) is 13.2 Å². The van der Waals surface area contributed by atoms with Crippen LogP contribution in [0, 0.1) is 5.92 Å². The molecule has 0 aromatic carbocycles. The molecular weight excluding hydrogens is 329 g/mol. The molecule has 0 atom stereocenters. The largest absolute Gasteiger partial charge is 0.380 e. The maximum absolute atomic E-state index is 5.51. The van der Waals surface area contributed by atoms with E-state index in [1.165, 1.54) is 0 Å². The molecule has 0 saturated heterocycles. The lowest BCUT2D eigenvalue weighted by atomic mass is 10.1. The van der Waals surface area contributed by atoms with Crippen molar-refractivity contribution in [2.45, 2.75) is 20.3 Å². The highest BCUT2D eigenvalue weighted by molar-refractivity contribution is 14.0. The Bertz CT molecular complexity index is 196. The third-order valence-electron chi connectivity index (χ3n) is 2.13. The van der Waals surface area contributed by atoms with Crippen LogP contribution in [0.3, 0.4) is 0 Å². The van der Waals surface area contributed by atoms with Gasteiger partial charge in [-0.3, -0.25) is 4.99 Å². The number of aliphatic imine (C=N–C) groups is 1. The van der Waals surface area contributed by atoms with Gasteiger partial charge >= 0.3 is 0 Å². The first-order valence-corrected chi connectivity index (χ1v) is 5.92. The molecule has 0 amide bonds. The third-order valence-corrected chi connectivity index (χ3v) is 2.13. The third kappa shape index (κ3) is 10.8. The standard InChI is InChI=1S/C12H27N3O.HI/c1-11(2)7-9-16-10-8-13-12(14(3)4)15(5)6;/h11H,7-10H2,1-6H3;1H. The molecule has 0 saturated carbocycles. The summed E-state index contributed by atoms with van der Waals surface area (Å²) >= 11 is 0. The number of halogens is 1. The van der Waals surface area contributed by atoms with Crippen molar-refractivity contribution >= 4 is 29.9 Å². The van der Waals surface area contributed by atoms with Gasteiger partial charge in [0.15, 0.2) is 5.96 Å². The highest BCUT2D eigenvalue weighted by atomic mass is 127. The van der Waals surface area contributed by atoms with E-state index >= 15 is 0 Å². The Balaban J connectivity index is 0. The Kier molecular flexibility index (Phi) is 12.6. The molecule has 0 bridgehead atoms. The van der Waals surface area contributed by atoms with Crippen LogP contribution < -0.4 is 0 Å². The summed E-state index contributed by atoms with van der Waals surface area (Å²) in [6.45, 7) is 6.68. The predicted molar refractivity (Wildman–Crippen MR) is 85.4 cm³/mol. The van der Waals surface area contributed by atoms with E-state index in [0.29, 0.717) is 12.5 Å². The summed E-state index contributed by atoms with van der Waals surface area (Å²) in [4.78, 5) is 8.50. The molecule has 0 unspecified atom stereocenters. The summed E-state index contributed by atoms with van der Waals surface area (Å²) < 4.78 is 5.51. The molecule has 0 aromatic heterocycles. The highest BCUT2D eigenvalue weighted by Gasteiger charge is 2.02. The molecule has 0 N–H and O–H groups in total. The Morgan fingerprint density at radius 1 is 1.06 bits per heavy atom. The lowest BCUT2D eigenvalue weighted by Gasteiger charge is -2.22.